The monoisotopic (exact) mass is 479 g/mol. The van der Waals surface area contributed by atoms with Crippen LogP contribution in [0.15, 0.2) is 35.7 Å². The molecule has 0 spiro atoms. The number of hydrogen-bond donors (Lipinski definition) is 2. The molecule has 1 aromatic carbocycles. The molecular formula is C24H26FN7OS. The molecule has 3 fully saturated rings. The third-order valence-corrected chi connectivity index (χ3v) is 7.57. The van der Waals surface area contributed by atoms with Crippen molar-refractivity contribution in [2.24, 2.45) is 0 Å². The summed E-state index contributed by atoms with van der Waals surface area (Å²) in [5.41, 5.74) is 1.05. The van der Waals surface area contributed by atoms with Gasteiger partial charge in [0.15, 0.2) is 22.6 Å². The van der Waals surface area contributed by atoms with E-state index >= 15 is 0 Å². The van der Waals surface area contributed by atoms with E-state index < -0.39 is 5.82 Å². The first-order chi connectivity index (χ1) is 16.6. The zero-order valence-corrected chi connectivity index (χ0v) is 19.7. The van der Waals surface area contributed by atoms with Crippen LogP contribution in [0.2, 0.25) is 0 Å². The van der Waals surface area contributed by atoms with E-state index in [-0.39, 0.29) is 11.4 Å². The maximum Gasteiger partial charge on any atom is 0.187 e. The Bertz CT molecular complexity index is 1190. The third kappa shape index (κ3) is 4.09. The molecule has 8 nitrogen and oxygen atoms in total. The van der Waals surface area contributed by atoms with E-state index in [9.17, 15) is 9.50 Å². The molecule has 1 aliphatic carbocycles. The highest BCUT2D eigenvalue weighted by molar-refractivity contribution is 7.98. The van der Waals surface area contributed by atoms with E-state index in [1.165, 1.54) is 43.5 Å². The van der Waals surface area contributed by atoms with Gasteiger partial charge >= 0.3 is 0 Å². The summed E-state index contributed by atoms with van der Waals surface area (Å²) in [5.74, 6) is 0.548. The van der Waals surface area contributed by atoms with Crippen LogP contribution < -0.4 is 10.2 Å². The number of phenolic OH excluding ortho intramolecular Hbond substituents is 1. The second-order valence-electron chi connectivity index (χ2n) is 9.33. The van der Waals surface area contributed by atoms with Crippen LogP contribution in [0.5, 0.6) is 5.75 Å². The average molecular weight is 480 g/mol. The fourth-order valence-corrected chi connectivity index (χ4v) is 5.65. The summed E-state index contributed by atoms with van der Waals surface area (Å²) in [6, 6.07) is 7.04. The lowest BCUT2D eigenvalue weighted by atomic mass is 9.98. The molecule has 2 aliphatic heterocycles. The Balaban J connectivity index is 1.25. The number of nitrogens with one attached hydrogen (secondary N) is 1. The van der Waals surface area contributed by atoms with E-state index in [1.54, 1.807) is 18.3 Å². The molecule has 2 N–H and O–H groups in total. The number of phenols is 1. The summed E-state index contributed by atoms with van der Waals surface area (Å²) in [7, 11) is 0. The summed E-state index contributed by atoms with van der Waals surface area (Å²) in [5, 5.41) is 23.7. The van der Waals surface area contributed by atoms with Gasteiger partial charge < -0.3 is 15.3 Å². The molecule has 176 valence electrons. The highest BCUT2D eigenvalue weighted by atomic mass is 32.2. The molecule has 0 unspecified atom stereocenters. The van der Waals surface area contributed by atoms with Gasteiger partial charge in [-0.3, -0.25) is 0 Å². The number of benzene rings is 1. The second kappa shape index (κ2) is 8.74. The summed E-state index contributed by atoms with van der Waals surface area (Å²) in [6.45, 7) is 0. The molecule has 4 heterocycles. The number of hydrogen-bond acceptors (Lipinski definition) is 9. The van der Waals surface area contributed by atoms with Crippen molar-refractivity contribution in [3.05, 3.63) is 36.4 Å². The van der Waals surface area contributed by atoms with Gasteiger partial charge in [0.1, 0.15) is 11.4 Å². The fourth-order valence-electron chi connectivity index (χ4n) is 5.31. The zero-order chi connectivity index (χ0) is 23.2. The number of halogens is 1. The van der Waals surface area contributed by atoms with Crippen molar-refractivity contribution in [3.8, 4) is 28.4 Å². The van der Waals surface area contributed by atoms with Crippen LogP contribution >= 0.6 is 11.8 Å². The van der Waals surface area contributed by atoms with Crippen molar-refractivity contribution in [3.63, 3.8) is 0 Å². The van der Waals surface area contributed by atoms with E-state index in [2.05, 4.69) is 35.4 Å². The van der Waals surface area contributed by atoms with Crippen LogP contribution in [0, 0.1) is 5.82 Å². The number of fused-ring (bicyclic) bond motifs is 2. The van der Waals surface area contributed by atoms with Crippen molar-refractivity contribution >= 4 is 17.6 Å². The molecule has 10 heteroatoms. The molecule has 0 amide bonds. The fraction of sp³-hybridized carbons (Fsp3) is 0.458. The maximum absolute atomic E-state index is 14.3. The Hall–Kier alpha value is -2.85. The molecular weight excluding hydrogens is 453 g/mol. The third-order valence-electron chi connectivity index (χ3n) is 7.01. The normalized spacial score (nSPS) is 23.8. The zero-order valence-electron chi connectivity index (χ0n) is 18.9. The first-order valence-corrected chi connectivity index (χ1v) is 13.0. The van der Waals surface area contributed by atoms with E-state index in [0.717, 1.165) is 24.9 Å². The van der Waals surface area contributed by atoms with Crippen LogP contribution in [0.25, 0.3) is 22.6 Å². The van der Waals surface area contributed by atoms with Crippen LogP contribution in [0.4, 0.5) is 10.2 Å². The minimum absolute atomic E-state index is 0.0512. The Morgan fingerprint density at radius 3 is 2.47 bits per heavy atom. The highest BCUT2D eigenvalue weighted by Gasteiger charge is 2.41. The van der Waals surface area contributed by atoms with Gasteiger partial charge in [-0.25, -0.2) is 19.3 Å². The molecule has 3 aliphatic rings. The van der Waals surface area contributed by atoms with Crippen molar-refractivity contribution in [1.29, 1.82) is 0 Å². The predicted octanol–water partition coefficient (Wildman–Crippen LogP) is 3.81. The van der Waals surface area contributed by atoms with Crippen LogP contribution in [0.3, 0.4) is 0 Å². The van der Waals surface area contributed by atoms with Crippen molar-refractivity contribution in [1.82, 2.24) is 30.5 Å². The summed E-state index contributed by atoms with van der Waals surface area (Å²) < 4.78 is 14.3. The minimum Gasteiger partial charge on any atom is -0.507 e. The predicted molar refractivity (Wildman–Crippen MR) is 128 cm³/mol. The van der Waals surface area contributed by atoms with E-state index in [1.807, 2.05) is 6.26 Å². The van der Waals surface area contributed by atoms with Gasteiger partial charge in [-0.2, -0.15) is 0 Å². The lowest BCUT2D eigenvalue weighted by Gasteiger charge is -2.38. The lowest BCUT2D eigenvalue weighted by molar-refractivity contribution is 0.343. The Kier molecular flexibility index (Phi) is 5.57. The molecule has 1 saturated carbocycles. The first kappa shape index (κ1) is 21.7. The Morgan fingerprint density at radius 2 is 1.82 bits per heavy atom. The minimum atomic E-state index is -0.543. The molecule has 2 bridgehead atoms. The molecule has 6 rings (SSSR count). The number of aromatic hydroxyl groups is 1. The largest absolute Gasteiger partial charge is 0.507 e. The SMILES string of the molecule is CSc1ncc(F)c(-c2ccc(-c3ncc(N(C4CC4)[C@@H]4C[C@H]5CC[C@@H](C4)N5)nn3)c(O)c2)n1. The second-order valence-corrected chi connectivity index (χ2v) is 10.1. The van der Waals surface area contributed by atoms with Crippen LogP contribution in [0.1, 0.15) is 38.5 Å². The molecule has 0 radical (unpaired) electrons. The van der Waals surface area contributed by atoms with Crippen molar-refractivity contribution in [2.75, 3.05) is 11.2 Å². The number of nitrogens with zero attached hydrogens (tertiary/aromatic N) is 6. The van der Waals surface area contributed by atoms with Crippen LogP contribution in [-0.4, -0.2) is 60.7 Å². The molecule has 3 atom stereocenters. The number of piperidine rings is 1. The number of aromatic nitrogens is 5. The van der Waals surface area contributed by atoms with Crippen molar-refractivity contribution < 1.29 is 9.50 Å². The lowest BCUT2D eigenvalue weighted by Crippen LogP contribution is -2.49. The smallest absolute Gasteiger partial charge is 0.187 e. The topological polar surface area (TPSA) is 100.0 Å². The Morgan fingerprint density at radius 1 is 1.03 bits per heavy atom. The van der Waals surface area contributed by atoms with E-state index in [4.69, 9.17) is 0 Å². The number of thioether (sulfide) groups is 1. The molecule has 2 aromatic heterocycles. The average Bonchev–Trinajstić information content (AvgIpc) is 3.63. The van der Waals surface area contributed by atoms with Gasteiger partial charge in [-0.15, -0.1) is 10.2 Å². The molecule has 34 heavy (non-hydrogen) atoms. The Labute approximate surface area is 201 Å². The van der Waals surface area contributed by atoms with Gasteiger partial charge in [0.05, 0.1) is 18.0 Å². The van der Waals surface area contributed by atoms with Gasteiger partial charge in [0.2, 0.25) is 0 Å². The summed E-state index contributed by atoms with van der Waals surface area (Å²) in [6.07, 6.45) is 11.9. The molecule has 2 saturated heterocycles. The van der Waals surface area contributed by atoms with Gasteiger partial charge in [-0.1, -0.05) is 17.8 Å². The van der Waals surface area contributed by atoms with Gasteiger partial charge in [0.25, 0.3) is 0 Å². The summed E-state index contributed by atoms with van der Waals surface area (Å²) >= 11 is 1.33. The van der Waals surface area contributed by atoms with Gasteiger partial charge in [-0.05, 0) is 56.9 Å². The first-order valence-electron chi connectivity index (χ1n) is 11.7. The standard InChI is InChI=1S/C24H26FN7OS/c1-34-24-27-11-19(25)22(29-24)13-2-7-18(20(33)8-13)23-26-12-21(30-31-23)32(16-5-6-16)17-9-14-3-4-15(10-17)28-14/h2,7-8,11-12,14-17,28,33H,3-6,9-10H2,1H3/t14-,15+,17-. The quantitative estimate of drug-likeness (QED) is 0.404. The number of anilines is 1. The van der Waals surface area contributed by atoms with Gasteiger partial charge in [0, 0.05) is 29.7 Å². The van der Waals surface area contributed by atoms with Crippen LogP contribution in [-0.2, 0) is 0 Å². The number of rotatable bonds is 6. The summed E-state index contributed by atoms with van der Waals surface area (Å²) in [4.78, 5) is 15.1. The van der Waals surface area contributed by atoms with Crippen molar-refractivity contribution in [2.45, 2.75) is 67.8 Å². The van der Waals surface area contributed by atoms with E-state index in [0.29, 0.717) is 46.3 Å². The maximum atomic E-state index is 14.3. The molecule has 3 aromatic rings. The highest BCUT2D eigenvalue weighted by Crippen LogP contribution is 2.39.